The first kappa shape index (κ1) is 28.9. The Labute approximate surface area is 201 Å². The fourth-order valence-corrected chi connectivity index (χ4v) is 4.02. The Morgan fingerprint density at radius 3 is 1.85 bits per heavy atom. The zero-order valence-corrected chi connectivity index (χ0v) is 22.4. The van der Waals surface area contributed by atoms with Crippen LogP contribution in [0, 0.1) is 17.8 Å². The zero-order chi connectivity index (χ0) is 25.5. The van der Waals surface area contributed by atoms with Gasteiger partial charge in [-0.15, -0.1) is 0 Å². The van der Waals surface area contributed by atoms with Crippen LogP contribution in [0.2, 0.25) is 0 Å². The molecule has 5 nitrogen and oxygen atoms in total. The molecule has 0 saturated carbocycles. The third kappa shape index (κ3) is 9.30. The average molecular weight is 460 g/mol. The van der Waals surface area contributed by atoms with E-state index in [-0.39, 0.29) is 41.3 Å². The van der Waals surface area contributed by atoms with E-state index in [4.69, 9.17) is 4.74 Å². The Balaban J connectivity index is 3.18. The maximum absolute atomic E-state index is 13.5. The van der Waals surface area contributed by atoms with Gasteiger partial charge in [-0.3, -0.25) is 14.4 Å². The van der Waals surface area contributed by atoms with E-state index < -0.39 is 12.1 Å². The lowest BCUT2D eigenvalue weighted by Gasteiger charge is -2.31. The van der Waals surface area contributed by atoms with E-state index in [2.05, 4.69) is 46.8 Å². The second-order valence-electron chi connectivity index (χ2n) is 11.3. The van der Waals surface area contributed by atoms with Gasteiger partial charge >= 0.3 is 5.97 Å². The van der Waals surface area contributed by atoms with Gasteiger partial charge in [0.1, 0.15) is 0 Å². The average Bonchev–Trinajstić information content (AvgIpc) is 2.69. The Bertz CT molecular complexity index is 789. The molecule has 1 rings (SSSR count). The van der Waals surface area contributed by atoms with Crippen LogP contribution in [0.25, 0.3) is 0 Å². The van der Waals surface area contributed by atoms with Crippen LogP contribution in [0.1, 0.15) is 86.3 Å². The number of likely N-dealkylation sites (N-methyl/N-ethyl adjacent to an activating group) is 1. The van der Waals surface area contributed by atoms with E-state index in [0.29, 0.717) is 18.8 Å². The van der Waals surface area contributed by atoms with E-state index in [1.165, 1.54) is 17.4 Å². The topological polar surface area (TPSA) is 63.7 Å². The molecular formula is C28H45NO4. The number of carbonyl (C=O) groups is 3. The van der Waals surface area contributed by atoms with Crippen LogP contribution < -0.4 is 0 Å². The summed E-state index contributed by atoms with van der Waals surface area (Å²) in [6.45, 7) is 18.0. The van der Waals surface area contributed by atoms with Crippen molar-refractivity contribution in [2.24, 2.45) is 17.8 Å². The Morgan fingerprint density at radius 1 is 0.909 bits per heavy atom. The number of Topliss-reactive ketones (excluding diaryl/α,β-unsaturated/α-hetero) is 1. The van der Waals surface area contributed by atoms with Crippen LogP contribution in [0.15, 0.2) is 24.3 Å². The Morgan fingerprint density at radius 2 is 1.42 bits per heavy atom. The minimum absolute atomic E-state index is 0.0261. The van der Waals surface area contributed by atoms with Crippen LogP contribution in [0.3, 0.4) is 0 Å². The van der Waals surface area contributed by atoms with E-state index >= 15 is 0 Å². The third-order valence-corrected chi connectivity index (χ3v) is 5.98. The van der Waals surface area contributed by atoms with Gasteiger partial charge in [-0.05, 0) is 48.1 Å². The quantitative estimate of drug-likeness (QED) is 0.405. The molecule has 0 unspecified atom stereocenters. The predicted molar refractivity (Wildman–Crippen MR) is 134 cm³/mol. The van der Waals surface area contributed by atoms with Gasteiger partial charge in [0.05, 0.1) is 12.0 Å². The highest BCUT2D eigenvalue weighted by Gasteiger charge is 2.33. The summed E-state index contributed by atoms with van der Waals surface area (Å²) in [6.07, 6.45) is 0.577. The number of hydrogen-bond acceptors (Lipinski definition) is 4. The van der Waals surface area contributed by atoms with Gasteiger partial charge in [-0.2, -0.15) is 0 Å². The van der Waals surface area contributed by atoms with Gasteiger partial charge in [0, 0.05) is 13.5 Å². The molecule has 0 spiro atoms. The molecule has 186 valence electrons. The number of nitrogens with zero attached hydrogens (tertiary/aromatic N) is 1. The fourth-order valence-electron chi connectivity index (χ4n) is 4.02. The molecule has 5 heteroatoms. The van der Waals surface area contributed by atoms with Crippen molar-refractivity contribution < 1.29 is 19.1 Å². The number of amides is 1. The van der Waals surface area contributed by atoms with Crippen molar-refractivity contribution in [1.82, 2.24) is 4.90 Å². The summed E-state index contributed by atoms with van der Waals surface area (Å²) in [7, 11) is 1.64. The molecule has 0 aromatic heterocycles. The molecule has 0 aliphatic heterocycles. The molecular weight excluding hydrogens is 414 g/mol. The van der Waals surface area contributed by atoms with Gasteiger partial charge in [-0.25, -0.2) is 0 Å². The summed E-state index contributed by atoms with van der Waals surface area (Å²) in [5.74, 6) is -0.458. The van der Waals surface area contributed by atoms with Crippen LogP contribution >= 0.6 is 0 Å². The molecule has 0 bridgehead atoms. The summed E-state index contributed by atoms with van der Waals surface area (Å²) in [6, 6.07) is 7.56. The third-order valence-electron chi connectivity index (χ3n) is 5.98. The molecule has 0 N–H and O–H groups in total. The lowest BCUT2D eigenvalue weighted by Crippen LogP contribution is -2.48. The maximum Gasteiger partial charge on any atom is 0.309 e. The number of esters is 1. The minimum atomic E-state index is -0.966. The van der Waals surface area contributed by atoms with Crippen LogP contribution in [-0.2, 0) is 31.0 Å². The van der Waals surface area contributed by atoms with E-state index in [1.54, 1.807) is 7.05 Å². The summed E-state index contributed by atoms with van der Waals surface area (Å²) < 4.78 is 5.79. The lowest BCUT2D eigenvalue weighted by molar-refractivity contribution is -0.164. The molecule has 1 aromatic rings. The number of ketones is 1. The molecule has 0 fully saturated rings. The van der Waals surface area contributed by atoms with Crippen molar-refractivity contribution in [1.29, 1.82) is 0 Å². The van der Waals surface area contributed by atoms with Gasteiger partial charge in [0.15, 0.2) is 11.9 Å². The summed E-state index contributed by atoms with van der Waals surface area (Å²) in [5.41, 5.74) is 2.14. The van der Waals surface area contributed by atoms with Crippen LogP contribution in [0.5, 0.6) is 0 Å². The van der Waals surface area contributed by atoms with Gasteiger partial charge in [-0.1, -0.05) is 79.7 Å². The second kappa shape index (κ2) is 12.3. The fraction of sp³-hybridized carbons (Fsp3) is 0.679. The maximum atomic E-state index is 13.5. The normalized spacial score (nSPS) is 14.7. The number of ether oxygens (including phenoxy) is 1. The highest BCUT2D eigenvalue weighted by Crippen LogP contribution is 2.24. The summed E-state index contributed by atoms with van der Waals surface area (Å²) in [5, 5.41) is 0. The largest absolute Gasteiger partial charge is 0.452 e. The highest BCUT2D eigenvalue weighted by molar-refractivity contribution is 5.90. The molecule has 1 amide bonds. The zero-order valence-electron chi connectivity index (χ0n) is 22.4. The summed E-state index contributed by atoms with van der Waals surface area (Å²) in [4.78, 5) is 40.0. The van der Waals surface area contributed by atoms with Crippen molar-refractivity contribution in [3.8, 4) is 0 Å². The van der Waals surface area contributed by atoms with Crippen molar-refractivity contribution in [2.45, 2.75) is 99.1 Å². The standard InChI is InChI=1S/C28H45NO4/c1-18(2)15-20(5)27(32)33-25(17-22-11-13-23(14-12-22)28(7,8)9)26(31)29(10)24(21(6)30)16-19(3)4/h11-14,18-20,24-25H,15-17H2,1-10H3/t20-,24-,25+/m0/s1. The van der Waals surface area contributed by atoms with Crippen LogP contribution in [0.4, 0.5) is 0 Å². The molecule has 0 saturated heterocycles. The lowest BCUT2D eigenvalue weighted by atomic mass is 9.86. The first-order valence-electron chi connectivity index (χ1n) is 12.2. The van der Waals surface area contributed by atoms with Gasteiger partial charge in [0.2, 0.25) is 0 Å². The molecule has 33 heavy (non-hydrogen) atoms. The molecule has 0 aliphatic carbocycles. The summed E-state index contributed by atoms with van der Waals surface area (Å²) >= 11 is 0. The molecule has 0 heterocycles. The molecule has 0 aliphatic rings. The van der Waals surface area contributed by atoms with Gasteiger partial charge in [0.25, 0.3) is 5.91 Å². The SMILES string of the molecule is CC(=O)[C@H](CC(C)C)N(C)C(=O)[C@@H](Cc1ccc(C(C)(C)C)cc1)OC(=O)[C@@H](C)CC(C)C. The first-order valence-corrected chi connectivity index (χ1v) is 12.2. The number of rotatable bonds is 11. The van der Waals surface area contributed by atoms with E-state index in [0.717, 1.165) is 5.56 Å². The predicted octanol–water partition coefficient (Wildman–Crippen LogP) is 5.58. The van der Waals surface area contributed by atoms with Crippen molar-refractivity contribution in [2.75, 3.05) is 7.05 Å². The number of benzene rings is 1. The smallest absolute Gasteiger partial charge is 0.309 e. The monoisotopic (exact) mass is 459 g/mol. The van der Waals surface area contributed by atoms with Gasteiger partial charge < -0.3 is 9.64 Å². The number of hydrogen-bond donors (Lipinski definition) is 0. The Hall–Kier alpha value is -2.17. The first-order chi connectivity index (χ1) is 15.1. The minimum Gasteiger partial charge on any atom is -0.452 e. The molecule has 0 radical (unpaired) electrons. The van der Waals surface area contributed by atoms with Crippen molar-refractivity contribution >= 4 is 17.7 Å². The number of carbonyl (C=O) groups excluding carboxylic acids is 3. The molecule has 1 aromatic carbocycles. The Kier molecular flexibility index (Phi) is 10.8. The molecule has 3 atom stereocenters. The van der Waals surface area contributed by atoms with E-state index in [1.807, 2.05) is 32.9 Å². The second-order valence-corrected chi connectivity index (χ2v) is 11.3. The van der Waals surface area contributed by atoms with Crippen molar-refractivity contribution in [3.05, 3.63) is 35.4 Å². The van der Waals surface area contributed by atoms with Crippen molar-refractivity contribution in [3.63, 3.8) is 0 Å². The van der Waals surface area contributed by atoms with E-state index in [9.17, 15) is 14.4 Å². The van der Waals surface area contributed by atoms with Crippen LogP contribution in [-0.4, -0.2) is 41.8 Å². The highest BCUT2D eigenvalue weighted by atomic mass is 16.5.